The summed E-state index contributed by atoms with van der Waals surface area (Å²) in [5.74, 6) is -1.45. The van der Waals surface area contributed by atoms with Crippen molar-refractivity contribution in [1.82, 2.24) is 14.9 Å². The Morgan fingerprint density at radius 3 is 2.79 bits per heavy atom. The minimum Gasteiger partial charge on any atom is -0.480 e. The minimum atomic E-state index is -1.20. The van der Waals surface area contributed by atoms with Gasteiger partial charge in [-0.25, -0.2) is 9.78 Å². The van der Waals surface area contributed by atoms with Crippen LogP contribution in [0.25, 0.3) is 0 Å². The molecule has 1 aromatic heterocycles. The van der Waals surface area contributed by atoms with Gasteiger partial charge in [-0.15, -0.1) is 0 Å². The highest BCUT2D eigenvalue weighted by atomic mass is 35.5. The second-order valence-electron chi connectivity index (χ2n) is 4.72. The van der Waals surface area contributed by atoms with Crippen molar-refractivity contribution in [2.45, 2.75) is 31.7 Å². The molecule has 6 nitrogen and oxygen atoms in total. The van der Waals surface area contributed by atoms with E-state index in [1.165, 1.54) is 17.3 Å². The largest absolute Gasteiger partial charge is 0.480 e. The van der Waals surface area contributed by atoms with Crippen molar-refractivity contribution in [2.75, 3.05) is 6.54 Å². The van der Waals surface area contributed by atoms with Gasteiger partial charge in [-0.2, -0.15) is 0 Å². The van der Waals surface area contributed by atoms with Crippen LogP contribution in [-0.4, -0.2) is 43.9 Å². The zero-order valence-electron chi connectivity index (χ0n) is 10.5. The zero-order chi connectivity index (χ0) is 14.0. The molecular formula is C12H14ClN3O3. The number of likely N-dealkylation sites (tertiary alicyclic amines) is 1. The van der Waals surface area contributed by atoms with Crippen LogP contribution in [0.2, 0.25) is 5.15 Å². The van der Waals surface area contributed by atoms with Crippen molar-refractivity contribution < 1.29 is 14.7 Å². The first-order valence-electron chi connectivity index (χ1n) is 5.98. The number of halogens is 1. The molecule has 1 aliphatic rings. The van der Waals surface area contributed by atoms with Gasteiger partial charge in [0.2, 0.25) is 0 Å². The molecule has 0 bridgehead atoms. The van der Waals surface area contributed by atoms with Crippen molar-refractivity contribution in [3.8, 4) is 0 Å². The van der Waals surface area contributed by atoms with E-state index >= 15 is 0 Å². The molecule has 0 radical (unpaired) electrons. The van der Waals surface area contributed by atoms with Gasteiger partial charge in [-0.05, 0) is 26.2 Å². The smallest absolute Gasteiger partial charge is 0.329 e. The Labute approximate surface area is 115 Å². The van der Waals surface area contributed by atoms with Gasteiger partial charge < -0.3 is 10.0 Å². The minimum absolute atomic E-state index is 0.0712. The van der Waals surface area contributed by atoms with Gasteiger partial charge in [0.05, 0.1) is 12.4 Å². The molecule has 2 heterocycles. The van der Waals surface area contributed by atoms with Crippen LogP contribution in [0, 0.1) is 0 Å². The number of nitrogens with zero attached hydrogens (tertiary/aromatic N) is 3. The summed E-state index contributed by atoms with van der Waals surface area (Å²) in [6.45, 7) is 1.96. The quantitative estimate of drug-likeness (QED) is 0.891. The van der Waals surface area contributed by atoms with E-state index in [1.807, 2.05) is 0 Å². The summed E-state index contributed by atoms with van der Waals surface area (Å²) in [5.41, 5.74) is -1.12. The molecule has 102 valence electrons. The van der Waals surface area contributed by atoms with Gasteiger partial charge in [0, 0.05) is 6.54 Å². The van der Waals surface area contributed by atoms with E-state index in [0.717, 1.165) is 12.8 Å². The van der Waals surface area contributed by atoms with Gasteiger partial charge >= 0.3 is 5.97 Å². The second kappa shape index (κ2) is 5.13. The third-order valence-electron chi connectivity index (χ3n) is 3.42. The van der Waals surface area contributed by atoms with E-state index in [-0.39, 0.29) is 10.8 Å². The lowest BCUT2D eigenvalue weighted by Gasteiger charge is -2.41. The summed E-state index contributed by atoms with van der Waals surface area (Å²) in [6, 6.07) is 0. The van der Waals surface area contributed by atoms with Crippen LogP contribution in [0.15, 0.2) is 12.4 Å². The number of piperidine rings is 1. The van der Waals surface area contributed by atoms with Crippen molar-refractivity contribution in [3.63, 3.8) is 0 Å². The Balaban J connectivity index is 2.33. The fourth-order valence-electron chi connectivity index (χ4n) is 2.25. The summed E-state index contributed by atoms with van der Waals surface area (Å²) < 4.78 is 0. The van der Waals surface area contributed by atoms with Crippen molar-refractivity contribution >= 4 is 23.5 Å². The van der Waals surface area contributed by atoms with Crippen LogP contribution in [0.4, 0.5) is 0 Å². The maximum absolute atomic E-state index is 12.4. The van der Waals surface area contributed by atoms with E-state index in [9.17, 15) is 14.7 Å². The van der Waals surface area contributed by atoms with E-state index < -0.39 is 17.4 Å². The van der Waals surface area contributed by atoms with E-state index in [2.05, 4.69) is 9.97 Å². The van der Waals surface area contributed by atoms with E-state index in [0.29, 0.717) is 13.0 Å². The van der Waals surface area contributed by atoms with Gasteiger partial charge in [0.1, 0.15) is 16.4 Å². The van der Waals surface area contributed by atoms with E-state index in [4.69, 9.17) is 11.6 Å². The lowest BCUT2D eigenvalue weighted by atomic mass is 9.88. The molecule has 0 saturated carbocycles. The standard InChI is InChI=1S/C12H14ClN3O3/c1-12(11(18)19)4-2-3-5-16(12)10(17)8-6-14-7-9(13)15-8/h6-7H,2-5H2,1H3,(H,18,19). The Morgan fingerprint density at radius 2 is 2.16 bits per heavy atom. The highest BCUT2D eigenvalue weighted by molar-refractivity contribution is 6.29. The lowest BCUT2D eigenvalue weighted by Crippen LogP contribution is -2.57. The molecule has 1 aliphatic heterocycles. The molecule has 0 spiro atoms. The first-order chi connectivity index (χ1) is 8.95. The number of rotatable bonds is 2. The maximum Gasteiger partial charge on any atom is 0.329 e. The molecule has 1 unspecified atom stereocenters. The zero-order valence-corrected chi connectivity index (χ0v) is 11.2. The fraction of sp³-hybridized carbons (Fsp3) is 0.500. The number of hydrogen-bond donors (Lipinski definition) is 1. The van der Waals surface area contributed by atoms with Gasteiger partial charge in [-0.3, -0.25) is 9.78 Å². The summed E-state index contributed by atoms with van der Waals surface area (Å²) in [6.07, 6.45) is 4.62. The molecule has 7 heteroatoms. The molecule has 1 N–H and O–H groups in total. The molecule has 1 aromatic rings. The summed E-state index contributed by atoms with van der Waals surface area (Å²) in [5, 5.41) is 9.47. The molecule has 1 atom stereocenters. The Bertz CT molecular complexity index is 523. The third-order valence-corrected chi connectivity index (χ3v) is 3.60. The highest BCUT2D eigenvalue weighted by Gasteiger charge is 2.44. The molecule has 0 aliphatic carbocycles. The van der Waals surface area contributed by atoms with Crippen molar-refractivity contribution in [3.05, 3.63) is 23.2 Å². The number of carbonyl (C=O) groups is 2. The summed E-state index contributed by atoms with van der Waals surface area (Å²) >= 11 is 5.70. The Morgan fingerprint density at radius 1 is 1.42 bits per heavy atom. The second-order valence-corrected chi connectivity index (χ2v) is 5.11. The lowest BCUT2D eigenvalue weighted by molar-refractivity contribution is -0.150. The topological polar surface area (TPSA) is 83.4 Å². The number of amides is 1. The Kier molecular flexibility index (Phi) is 3.71. The Hall–Kier alpha value is -1.69. The summed E-state index contributed by atoms with van der Waals surface area (Å²) in [4.78, 5) is 32.8. The van der Waals surface area contributed by atoms with Gasteiger partial charge in [0.25, 0.3) is 5.91 Å². The van der Waals surface area contributed by atoms with E-state index in [1.54, 1.807) is 6.92 Å². The fourth-order valence-corrected chi connectivity index (χ4v) is 2.40. The van der Waals surface area contributed by atoms with Crippen LogP contribution >= 0.6 is 11.6 Å². The molecule has 1 saturated heterocycles. The third kappa shape index (κ3) is 2.53. The SMILES string of the molecule is CC1(C(=O)O)CCCCN1C(=O)c1cncc(Cl)n1. The molecule has 19 heavy (non-hydrogen) atoms. The number of aliphatic carboxylic acids is 1. The number of aromatic nitrogens is 2. The maximum atomic E-state index is 12.4. The number of carbonyl (C=O) groups excluding carboxylic acids is 1. The molecule has 1 amide bonds. The number of carboxylic acid groups (broad SMARTS) is 1. The summed E-state index contributed by atoms with van der Waals surface area (Å²) in [7, 11) is 0. The van der Waals surface area contributed by atoms with Crippen LogP contribution in [0.1, 0.15) is 36.7 Å². The number of hydrogen-bond acceptors (Lipinski definition) is 4. The van der Waals surface area contributed by atoms with Gasteiger partial charge in [0.15, 0.2) is 0 Å². The monoisotopic (exact) mass is 283 g/mol. The van der Waals surface area contributed by atoms with Crippen LogP contribution in [0.3, 0.4) is 0 Å². The van der Waals surface area contributed by atoms with Crippen molar-refractivity contribution in [1.29, 1.82) is 0 Å². The normalized spacial score (nSPS) is 23.2. The van der Waals surface area contributed by atoms with Crippen molar-refractivity contribution in [2.24, 2.45) is 0 Å². The first kappa shape index (κ1) is 13.7. The molecule has 0 aromatic carbocycles. The predicted octanol–water partition coefficient (Wildman–Crippen LogP) is 1.60. The molecule has 1 fully saturated rings. The molecule has 2 rings (SSSR count). The highest BCUT2D eigenvalue weighted by Crippen LogP contribution is 2.29. The number of carboxylic acids is 1. The van der Waals surface area contributed by atoms with Crippen LogP contribution in [-0.2, 0) is 4.79 Å². The van der Waals surface area contributed by atoms with Crippen LogP contribution < -0.4 is 0 Å². The molecular weight excluding hydrogens is 270 g/mol. The average molecular weight is 284 g/mol. The van der Waals surface area contributed by atoms with Crippen LogP contribution in [0.5, 0.6) is 0 Å². The predicted molar refractivity (Wildman–Crippen MR) is 68.0 cm³/mol. The van der Waals surface area contributed by atoms with Gasteiger partial charge in [-0.1, -0.05) is 11.6 Å². The first-order valence-corrected chi connectivity index (χ1v) is 6.36. The average Bonchev–Trinajstić information content (AvgIpc) is 2.38.